The minimum atomic E-state index is -0.402. The van der Waals surface area contributed by atoms with E-state index in [4.69, 9.17) is 11.6 Å². The molecule has 4 heteroatoms. The Balaban J connectivity index is 2.02. The van der Waals surface area contributed by atoms with Gasteiger partial charge in [0.15, 0.2) is 0 Å². The van der Waals surface area contributed by atoms with E-state index in [2.05, 4.69) is 5.32 Å². The number of rotatable bonds is 2. The van der Waals surface area contributed by atoms with Crippen LogP contribution >= 0.6 is 22.9 Å². The highest BCUT2D eigenvalue weighted by atomic mass is 35.5. The fraction of sp³-hybridized carbons (Fsp3) is 0.636. The number of hydrogen-bond acceptors (Lipinski definition) is 3. The zero-order chi connectivity index (χ0) is 10.7. The molecule has 0 bridgehead atoms. The SMILES string of the molecule is OC(c1cc(Cl)cs1)C1CCCCCN1. The Kier molecular flexibility index (Phi) is 4.03. The first-order chi connectivity index (χ1) is 7.27. The van der Waals surface area contributed by atoms with Gasteiger partial charge in [0.2, 0.25) is 0 Å². The highest BCUT2D eigenvalue weighted by Crippen LogP contribution is 2.29. The van der Waals surface area contributed by atoms with Crippen LogP contribution in [0.5, 0.6) is 0 Å². The Bertz CT molecular complexity index is 307. The van der Waals surface area contributed by atoms with Gasteiger partial charge in [0.25, 0.3) is 0 Å². The molecule has 2 rings (SSSR count). The number of aliphatic hydroxyl groups excluding tert-OH is 1. The van der Waals surface area contributed by atoms with Crippen molar-refractivity contribution in [2.75, 3.05) is 6.54 Å². The molecule has 1 aromatic heterocycles. The van der Waals surface area contributed by atoms with Crippen molar-refractivity contribution >= 4 is 22.9 Å². The third-order valence-electron chi connectivity index (χ3n) is 2.86. The molecule has 0 spiro atoms. The Morgan fingerprint density at radius 1 is 1.47 bits per heavy atom. The van der Waals surface area contributed by atoms with Gasteiger partial charge in [0, 0.05) is 16.3 Å². The standard InChI is InChI=1S/C11H16ClNOS/c12-8-6-10(15-7-8)11(14)9-4-2-1-3-5-13-9/h6-7,9,11,13-14H,1-5H2. The van der Waals surface area contributed by atoms with E-state index in [1.807, 2.05) is 11.4 Å². The summed E-state index contributed by atoms with van der Waals surface area (Å²) in [5, 5.41) is 16.2. The van der Waals surface area contributed by atoms with Crippen LogP contribution in [0.15, 0.2) is 11.4 Å². The summed E-state index contributed by atoms with van der Waals surface area (Å²) in [4.78, 5) is 0.972. The predicted octanol–water partition coefficient (Wildman–Crippen LogP) is 2.97. The van der Waals surface area contributed by atoms with Crippen molar-refractivity contribution in [2.24, 2.45) is 0 Å². The summed E-state index contributed by atoms with van der Waals surface area (Å²) in [6, 6.07) is 2.06. The first-order valence-electron chi connectivity index (χ1n) is 5.43. The maximum atomic E-state index is 10.2. The van der Waals surface area contributed by atoms with Crippen molar-refractivity contribution in [2.45, 2.75) is 37.8 Å². The van der Waals surface area contributed by atoms with E-state index >= 15 is 0 Å². The Morgan fingerprint density at radius 3 is 3.07 bits per heavy atom. The molecule has 84 valence electrons. The maximum absolute atomic E-state index is 10.2. The first kappa shape index (κ1) is 11.4. The van der Waals surface area contributed by atoms with Crippen LogP contribution in [0.2, 0.25) is 5.02 Å². The van der Waals surface area contributed by atoms with Crippen molar-refractivity contribution in [1.29, 1.82) is 0 Å². The second kappa shape index (κ2) is 5.30. The lowest BCUT2D eigenvalue weighted by atomic mass is 10.0. The minimum absolute atomic E-state index is 0.196. The monoisotopic (exact) mass is 245 g/mol. The van der Waals surface area contributed by atoms with E-state index in [1.165, 1.54) is 30.6 Å². The van der Waals surface area contributed by atoms with Crippen LogP contribution in [0.25, 0.3) is 0 Å². The van der Waals surface area contributed by atoms with Crippen LogP contribution in [-0.2, 0) is 0 Å². The van der Waals surface area contributed by atoms with E-state index in [-0.39, 0.29) is 6.04 Å². The van der Waals surface area contributed by atoms with Crippen molar-refractivity contribution in [1.82, 2.24) is 5.32 Å². The Hall–Kier alpha value is -0.0900. The molecule has 1 aliphatic rings. The van der Waals surface area contributed by atoms with Gasteiger partial charge in [-0.2, -0.15) is 0 Å². The van der Waals surface area contributed by atoms with Crippen molar-refractivity contribution < 1.29 is 5.11 Å². The fourth-order valence-corrected chi connectivity index (χ4v) is 3.14. The van der Waals surface area contributed by atoms with Crippen LogP contribution in [0.4, 0.5) is 0 Å². The molecule has 1 aliphatic heterocycles. The maximum Gasteiger partial charge on any atom is 0.103 e. The molecule has 0 saturated carbocycles. The van der Waals surface area contributed by atoms with Crippen molar-refractivity contribution in [3.63, 3.8) is 0 Å². The highest BCUT2D eigenvalue weighted by Gasteiger charge is 2.22. The summed E-state index contributed by atoms with van der Waals surface area (Å²) in [5.41, 5.74) is 0. The molecule has 1 saturated heterocycles. The van der Waals surface area contributed by atoms with Gasteiger partial charge in [0.05, 0.1) is 5.02 Å². The fourth-order valence-electron chi connectivity index (χ4n) is 2.01. The average Bonchev–Trinajstić information content (AvgIpc) is 2.53. The van der Waals surface area contributed by atoms with Crippen molar-refractivity contribution in [3.05, 3.63) is 21.3 Å². The Labute approximate surface area is 99.3 Å². The first-order valence-corrected chi connectivity index (χ1v) is 6.68. The lowest BCUT2D eigenvalue weighted by Crippen LogP contribution is -2.33. The normalized spacial score (nSPS) is 24.8. The van der Waals surface area contributed by atoms with Gasteiger partial charge in [0.1, 0.15) is 6.10 Å². The average molecular weight is 246 g/mol. The summed E-state index contributed by atoms with van der Waals surface area (Å²) >= 11 is 7.39. The highest BCUT2D eigenvalue weighted by molar-refractivity contribution is 7.10. The molecule has 2 heterocycles. The van der Waals surface area contributed by atoms with Crippen molar-refractivity contribution in [3.8, 4) is 0 Å². The zero-order valence-corrected chi connectivity index (χ0v) is 10.2. The Morgan fingerprint density at radius 2 is 2.33 bits per heavy atom. The van der Waals surface area contributed by atoms with Gasteiger partial charge < -0.3 is 10.4 Å². The molecule has 2 nitrogen and oxygen atoms in total. The zero-order valence-electron chi connectivity index (χ0n) is 8.58. The summed E-state index contributed by atoms with van der Waals surface area (Å²) < 4.78 is 0. The van der Waals surface area contributed by atoms with Gasteiger partial charge in [-0.05, 0) is 25.5 Å². The number of nitrogens with one attached hydrogen (secondary N) is 1. The van der Waals surface area contributed by atoms with Gasteiger partial charge >= 0.3 is 0 Å². The second-order valence-electron chi connectivity index (χ2n) is 4.02. The number of halogens is 1. The third kappa shape index (κ3) is 2.94. The van der Waals surface area contributed by atoms with Gasteiger partial charge in [-0.15, -0.1) is 11.3 Å². The number of hydrogen-bond donors (Lipinski definition) is 2. The molecular weight excluding hydrogens is 230 g/mol. The summed E-state index contributed by atoms with van der Waals surface area (Å²) in [7, 11) is 0. The predicted molar refractivity (Wildman–Crippen MR) is 64.5 cm³/mol. The van der Waals surface area contributed by atoms with Gasteiger partial charge in [-0.25, -0.2) is 0 Å². The van der Waals surface area contributed by atoms with Crippen LogP contribution in [0.3, 0.4) is 0 Å². The smallest absolute Gasteiger partial charge is 0.103 e. The van der Waals surface area contributed by atoms with E-state index < -0.39 is 6.10 Å². The molecular formula is C11H16ClNOS. The quantitative estimate of drug-likeness (QED) is 0.840. The van der Waals surface area contributed by atoms with Crippen LogP contribution < -0.4 is 5.32 Å². The molecule has 0 amide bonds. The van der Waals surface area contributed by atoms with Crippen LogP contribution in [-0.4, -0.2) is 17.7 Å². The van der Waals surface area contributed by atoms with Crippen LogP contribution in [0, 0.1) is 0 Å². The van der Waals surface area contributed by atoms with E-state index in [9.17, 15) is 5.11 Å². The second-order valence-corrected chi connectivity index (χ2v) is 5.40. The lowest BCUT2D eigenvalue weighted by Gasteiger charge is -2.21. The van der Waals surface area contributed by atoms with E-state index in [0.717, 1.165) is 22.9 Å². The van der Waals surface area contributed by atoms with Gasteiger partial charge in [-0.1, -0.05) is 24.4 Å². The molecule has 2 N–H and O–H groups in total. The molecule has 0 aliphatic carbocycles. The van der Waals surface area contributed by atoms with E-state index in [1.54, 1.807) is 0 Å². The van der Waals surface area contributed by atoms with Gasteiger partial charge in [-0.3, -0.25) is 0 Å². The van der Waals surface area contributed by atoms with E-state index in [0.29, 0.717) is 0 Å². The molecule has 1 fully saturated rings. The minimum Gasteiger partial charge on any atom is -0.386 e. The molecule has 0 aromatic carbocycles. The number of thiophene rings is 1. The topological polar surface area (TPSA) is 32.3 Å². The summed E-state index contributed by atoms with van der Waals surface area (Å²) in [6.07, 6.45) is 4.33. The third-order valence-corrected chi connectivity index (χ3v) is 4.21. The summed E-state index contributed by atoms with van der Waals surface area (Å²) in [5.74, 6) is 0. The van der Waals surface area contributed by atoms with Crippen LogP contribution in [0.1, 0.15) is 36.7 Å². The molecule has 1 aromatic rings. The molecule has 15 heavy (non-hydrogen) atoms. The lowest BCUT2D eigenvalue weighted by molar-refractivity contribution is 0.129. The molecule has 2 unspecified atom stereocenters. The number of aliphatic hydroxyl groups is 1. The largest absolute Gasteiger partial charge is 0.386 e. The summed E-state index contributed by atoms with van der Waals surface area (Å²) in [6.45, 7) is 1.01. The molecule has 0 radical (unpaired) electrons. The molecule has 2 atom stereocenters.